The topological polar surface area (TPSA) is 124 Å². The molecule has 0 spiro atoms. The molecule has 0 radical (unpaired) electrons. The number of hydrogen-bond donors (Lipinski definition) is 2. The number of carbonyl (C=O) groups is 2. The van der Waals surface area contributed by atoms with Crippen molar-refractivity contribution in [3.63, 3.8) is 0 Å². The minimum absolute atomic E-state index is 0.0136. The van der Waals surface area contributed by atoms with Crippen LogP contribution in [0.3, 0.4) is 0 Å². The van der Waals surface area contributed by atoms with Gasteiger partial charge in [-0.1, -0.05) is 5.16 Å². The third-order valence-electron chi connectivity index (χ3n) is 2.53. The first-order valence-corrected chi connectivity index (χ1v) is 5.78. The van der Waals surface area contributed by atoms with E-state index in [1.54, 1.807) is 19.9 Å². The zero-order valence-electron chi connectivity index (χ0n) is 11.2. The van der Waals surface area contributed by atoms with E-state index in [1.807, 2.05) is 0 Å². The summed E-state index contributed by atoms with van der Waals surface area (Å²) in [7, 11) is 0. The lowest BCUT2D eigenvalue weighted by atomic mass is 10.1. The highest BCUT2D eigenvalue weighted by Gasteiger charge is 2.24. The van der Waals surface area contributed by atoms with Crippen molar-refractivity contribution in [3.05, 3.63) is 34.5 Å². The number of primary amides is 1. The van der Waals surface area contributed by atoms with Gasteiger partial charge in [-0.05, 0) is 26.8 Å². The second-order valence-corrected chi connectivity index (χ2v) is 4.26. The Bertz CT molecular complexity index is 672. The zero-order chi connectivity index (χ0) is 14.9. The lowest BCUT2D eigenvalue weighted by molar-refractivity contribution is 0.0972. The molecule has 0 saturated heterocycles. The molecule has 8 nitrogen and oxygen atoms in total. The average molecular weight is 275 g/mol. The fraction of sp³-hybridized carbons (Fsp3) is 0.250. The molecule has 0 aliphatic rings. The van der Waals surface area contributed by atoms with Crippen molar-refractivity contribution in [1.29, 1.82) is 0 Å². The molecule has 8 heteroatoms. The van der Waals surface area contributed by atoms with Crippen LogP contribution in [-0.2, 0) is 0 Å². The van der Waals surface area contributed by atoms with Gasteiger partial charge in [0.25, 0.3) is 11.8 Å². The van der Waals surface area contributed by atoms with Crippen LogP contribution in [0.2, 0.25) is 0 Å². The van der Waals surface area contributed by atoms with Crippen LogP contribution in [0.15, 0.2) is 10.6 Å². The summed E-state index contributed by atoms with van der Waals surface area (Å²) in [5, 5.41) is 5.96. The number of amides is 2. The molecule has 3 N–H and O–H groups in total. The molecule has 0 bridgehead atoms. The van der Waals surface area contributed by atoms with Crippen molar-refractivity contribution in [1.82, 2.24) is 15.1 Å². The Hall–Kier alpha value is -2.77. The molecule has 20 heavy (non-hydrogen) atoms. The van der Waals surface area contributed by atoms with Crippen molar-refractivity contribution >= 4 is 17.8 Å². The molecule has 0 aromatic carbocycles. The number of carbonyl (C=O) groups excluding carboxylic acids is 2. The number of hydrogen-bond acceptors (Lipinski definition) is 6. The number of aromatic nitrogens is 3. The number of aryl methyl sites for hydroxylation is 3. The van der Waals surface area contributed by atoms with Crippen LogP contribution in [-0.4, -0.2) is 26.9 Å². The number of nitrogens with two attached hydrogens (primary N) is 1. The average Bonchev–Trinajstić information content (AvgIpc) is 2.69. The summed E-state index contributed by atoms with van der Waals surface area (Å²) in [5.41, 5.74) is 6.33. The van der Waals surface area contributed by atoms with Crippen LogP contribution in [0, 0.1) is 20.8 Å². The monoisotopic (exact) mass is 275 g/mol. The van der Waals surface area contributed by atoms with Gasteiger partial charge in [-0.15, -0.1) is 0 Å². The Balaban J connectivity index is 2.33. The van der Waals surface area contributed by atoms with E-state index in [0.717, 1.165) is 0 Å². The van der Waals surface area contributed by atoms with Crippen LogP contribution >= 0.6 is 0 Å². The summed E-state index contributed by atoms with van der Waals surface area (Å²) in [6, 6.07) is 1.77. The lowest BCUT2D eigenvalue weighted by Crippen LogP contribution is -2.21. The molecule has 0 aliphatic heterocycles. The molecule has 0 saturated carbocycles. The van der Waals surface area contributed by atoms with E-state index in [-0.39, 0.29) is 23.0 Å². The SMILES string of the molecule is Cc1cc(C)nc(NC(=O)c2c(C(N)=O)noc2C)n1. The van der Waals surface area contributed by atoms with Crippen LogP contribution in [0.5, 0.6) is 0 Å². The molecule has 2 rings (SSSR count). The summed E-state index contributed by atoms with van der Waals surface area (Å²) >= 11 is 0. The van der Waals surface area contributed by atoms with Crippen molar-refractivity contribution in [3.8, 4) is 0 Å². The van der Waals surface area contributed by atoms with E-state index < -0.39 is 11.8 Å². The second kappa shape index (κ2) is 5.08. The minimum atomic E-state index is -0.839. The number of nitrogens with one attached hydrogen (secondary N) is 1. The Morgan fingerprint density at radius 2 is 1.80 bits per heavy atom. The van der Waals surface area contributed by atoms with Crippen LogP contribution in [0.25, 0.3) is 0 Å². The normalized spacial score (nSPS) is 10.3. The van der Waals surface area contributed by atoms with Crippen LogP contribution < -0.4 is 11.1 Å². The molecule has 2 heterocycles. The van der Waals surface area contributed by atoms with Gasteiger partial charge < -0.3 is 10.3 Å². The van der Waals surface area contributed by atoms with E-state index in [0.29, 0.717) is 11.4 Å². The third-order valence-corrected chi connectivity index (χ3v) is 2.53. The molecule has 0 aliphatic carbocycles. The zero-order valence-corrected chi connectivity index (χ0v) is 11.2. The van der Waals surface area contributed by atoms with Gasteiger partial charge in [-0.3, -0.25) is 14.9 Å². The summed E-state index contributed by atoms with van der Waals surface area (Å²) in [5.74, 6) is -1.10. The van der Waals surface area contributed by atoms with Crippen molar-refractivity contribution in [2.24, 2.45) is 5.73 Å². The highest BCUT2D eigenvalue weighted by molar-refractivity contribution is 6.10. The molecular formula is C12H13N5O3. The fourth-order valence-electron chi connectivity index (χ4n) is 1.75. The quantitative estimate of drug-likeness (QED) is 0.851. The van der Waals surface area contributed by atoms with Crippen LogP contribution in [0.4, 0.5) is 5.95 Å². The van der Waals surface area contributed by atoms with Crippen molar-refractivity contribution in [2.75, 3.05) is 5.32 Å². The van der Waals surface area contributed by atoms with Gasteiger partial charge in [0.2, 0.25) is 5.95 Å². The largest absolute Gasteiger partial charge is 0.364 e. The molecule has 2 amide bonds. The molecule has 0 unspecified atom stereocenters. The number of nitrogens with zero attached hydrogens (tertiary/aromatic N) is 3. The van der Waals surface area contributed by atoms with Gasteiger partial charge in [0, 0.05) is 11.4 Å². The van der Waals surface area contributed by atoms with Gasteiger partial charge >= 0.3 is 0 Å². The highest BCUT2D eigenvalue weighted by Crippen LogP contribution is 2.15. The fourth-order valence-corrected chi connectivity index (χ4v) is 1.75. The van der Waals surface area contributed by atoms with Gasteiger partial charge in [0.15, 0.2) is 5.69 Å². The summed E-state index contributed by atoms with van der Waals surface area (Å²) < 4.78 is 4.81. The summed E-state index contributed by atoms with van der Waals surface area (Å²) in [6.45, 7) is 5.07. The minimum Gasteiger partial charge on any atom is -0.364 e. The number of anilines is 1. The molecule has 0 fully saturated rings. The highest BCUT2D eigenvalue weighted by atomic mass is 16.5. The first-order valence-electron chi connectivity index (χ1n) is 5.78. The first-order chi connectivity index (χ1) is 9.38. The Labute approximate surface area is 114 Å². The maximum absolute atomic E-state index is 12.1. The molecular weight excluding hydrogens is 262 g/mol. The van der Waals surface area contributed by atoms with E-state index in [1.165, 1.54) is 6.92 Å². The maximum atomic E-state index is 12.1. The van der Waals surface area contributed by atoms with Crippen molar-refractivity contribution in [2.45, 2.75) is 20.8 Å². The predicted molar refractivity (Wildman–Crippen MR) is 69.2 cm³/mol. The maximum Gasteiger partial charge on any atom is 0.271 e. The van der Waals surface area contributed by atoms with Gasteiger partial charge in [-0.2, -0.15) is 0 Å². The second-order valence-electron chi connectivity index (χ2n) is 4.26. The molecule has 0 atom stereocenters. The van der Waals surface area contributed by atoms with Crippen LogP contribution in [0.1, 0.15) is 38.0 Å². The van der Waals surface area contributed by atoms with E-state index in [9.17, 15) is 9.59 Å². The van der Waals surface area contributed by atoms with Gasteiger partial charge in [0.05, 0.1) is 0 Å². The standard InChI is InChI=1S/C12H13N5O3/c1-5-4-6(2)15-12(14-5)16-11(19)8-7(3)20-17-9(8)10(13)18/h4H,1-3H3,(H2,13,18)(H,14,15,16,19). The van der Waals surface area contributed by atoms with Gasteiger partial charge in [-0.25, -0.2) is 9.97 Å². The molecule has 2 aromatic heterocycles. The van der Waals surface area contributed by atoms with E-state index in [4.69, 9.17) is 10.3 Å². The smallest absolute Gasteiger partial charge is 0.271 e. The predicted octanol–water partition coefficient (Wildman–Crippen LogP) is 0.741. The summed E-state index contributed by atoms with van der Waals surface area (Å²) in [6.07, 6.45) is 0. The Kier molecular flexibility index (Phi) is 3.47. The third kappa shape index (κ3) is 2.63. The lowest BCUT2D eigenvalue weighted by Gasteiger charge is -2.05. The molecule has 104 valence electrons. The Morgan fingerprint density at radius 1 is 1.20 bits per heavy atom. The van der Waals surface area contributed by atoms with E-state index in [2.05, 4.69) is 20.4 Å². The van der Waals surface area contributed by atoms with E-state index >= 15 is 0 Å². The van der Waals surface area contributed by atoms with Gasteiger partial charge in [0.1, 0.15) is 11.3 Å². The summed E-state index contributed by atoms with van der Waals surface area (Å²) in [4.78, 5) is 31.5. The van der Waals surface area contributed by atoms with Crippen molar-refractivity contribution < 1.29 is 14.1 Å². The number of rotatable bonds is 3. The Morgan fingerprint density at radius 3 is 2.35 bits per heavy atom. The first kappa shape index (κ1) is 13.7. The molecule has 2 aromatic rings.